The summed E-state index contributed by atoms with van der Waals surface area (Å²) in [5, 5.41) is 6.29. The fourth-order valence-corrected chi connectivity index (χ4v) is 4.62. The second-order valence-electron chi connectivity index (χ2n) is 8.65. The summed E-state index contributed by atoms with van der Waals surface area (Å²) in [4.78, 5) is 52.1. The van der Waals surface area contributed by atoms with Gasteiger partial charge in [-0.25, -0.2) is 19.2 Å². The maximum Gasteiger partial charge on any atom is 0.342 e. The average Bonchev–Trinajstić information content (AvgIpc) is 3.23. The molecular weight excluding hydrogens is 444 g/mol. The summed E-state index contributed by atoms with van der Waals surface area (Å²) in [7, 11) is 0. The van der Waals surface area contributed by atoms with E-state index in [4.69, 9.17) is 18.9 Å². The predicted molar refractivity (Wildman–Crippen MR) is 123 cm³/mol. The Balaban J connectivity index is 2.61. The van der Waals surface area contributed by atoms with Gasteiger partial charge in [-0.3, -0.25) is 10.6 Å². The van der Waals surface area contributed by atoms with E-state index in [1.54, 1.807) is 55.4 Å². The Morgan fingerprint density at radius 1 is 0.618 bits per heavy atom. The largest absolute Gasteiger partial charge is 0.464 e. The normalized spacial score (nSPS) is 26.8. The first kappa shape index (κ1) is 27.5. The Morgan fingerprint density at radius 3 is 1.06 bits per heavy atom. The highest BCUT2D eigenvalue weighted by molar-refractivity contribution is 6.10. The molecule has 2 aliphatic heterocycles. The smallest absolute Gasteiger partial charge is 0.342 e. The van der Waals surface area contributed by atoms with Gasteiger partial charge in [0.1, 0.15) is 0 Å². The first-order valence-corrected chi connectivity index (χ1v) is 11.5. The maximum absolute atomic E-state index is 13.0. The third kappa shape index (κ3) is 4.02. The number of nitrogens with one attached hydrogen (secondary N) is 2. The summed E-state index contributed by atoms with van der Waals surface area (Å²) >= 11 is 0. The SMILES string of the molecule is CCOC(=O)C1(C(=O)OCC)C=C(C)C(C)(C2(C)NC(C(=O)OCC)(C(=O)OCC)C=C2C)N1. The zero-order valence-corrected chi connectivity index (χ0v) is 21.2. The molecule has 2 N–H and O–H groups in total. The Hall–Kier alpha value is -2.72. The fourth-order valence-electron chi connectivity index (χ4n) is 4.62. The molecule has 0 aromatic rings. The highest BCUT2D eigenvalue weighted by Gasteiger charge is 2.67. The van der Waals surface area contributed by atoms with E-state index in [0.29, 0.717) is 11.1 Å². The van der Waals surface area contributed by atoms with Crippen LogP contribution in [0.1, 0.15) is 55.4 Å². The molecular formula is C24H36N2O8. The molecule has 0 fully saturated rings. The lowest BCUT2D eigenvalue weighted by Crippen LogP contribution is -2.74. The zero-order chi connectivity index (χ0) is 25.9. The molecule has 0 saturated carbocycles. The summed E-state index contributed by atoms with van der Waals surface area (Å²) in [5.41, 5.74) is -4.83. The molecule has 0 amide bonds. The minimum Gasteiger partial charge on any atom is -0.464 e. The first-order valence-electron chi connectivity index (χ1n) is 11.5. The van der Waals surface area contributed by atoms with Crippen LogP contribution in [0.3, 0.4) is 0 Å². The summed E-state index contributed by atoms with van der Waals surface area (Å²) < 4.78 is 20.8. The molecule has 0 saturated heterocycles. The van der Waals surface area contributed by atoms with Crippen LogP contribution in [0.25, 0.3) is 0 Å². The van der Waals surface area contributed by atoms with Gasteiger partial charge in [0.15, 0.2) is 0 Å². The van der Waals surface area contributed by atoms with E-state index in [0.717, 1.165) is 0 Å². The van der Waals surface area contributed by atoms with Crippen molar-refractivity contribution in [1.82, 2.24) is 10.6 Å². The molecule has 0 spiro atoms. The average molecular weight is 481 g/mol. The molecule has 10 nitrogen and oxygen atoms in total. The van der Waals surface area contributed by atoms with Crippen molar-refractivity contribution in [2.75, 3.05) is 26.4 Å². The molecule has 2 rings (SSSR count). The third-order valence-electron chi connectivity index (χ3n) is 6.73. The molecule has 0 aliphatic carbocycles. The molecule has 0 radical (unpaired) electrons. The van der Waals surface area contributed by atoms with Gasteiger partial charge in [0.05, 0.1) is 37.5 Å². The van der Waals surface area contributed by atoms with Gasteiger partial charge in [-0.2, -0.15) is 0 Å². The number of carbonyl (C=O) groups is 4. The van der Waals surface area contributed by atoms with Crippen molar-refractivity contribution in [2.24, 2.45) is 0 Å². The van der Waals surface area contributed by atoms with Gasteiger partial charge in [-0.15, -0.1) is 0 Å². The summed E-state index contributed by atoms with van der Waals surface area (Å²) in [6.45, 7) is 13.9. The lowest BCUT2D eigenvalue weighted by Gasteiger charge is -2.47. The second kappa shape index (κ2) is 9.87. The van der Waals surface area contributed by atoms with Gasteiger partial charge < -0.3 is 18.9 Å². The van der Waals surface area contributed by atoms with E-state index in [1.807, 2.05) is 0 Å². The van der Waals surface area contributed by atoms with Crippen LogP contribution in [0, 0.1) is 0 Å². The van der Waals surface area contributed by atoms with E-state index in [2.05, 4.69) is 10.6 Å². The van der Waals surface area contributed by atoms with Crippen LogP contribution in [-0.4, -0.2) is 72.5 Å². The van der Waals surface area contributed by atoms with Crippen LogP contribution >= 0.6 is 0 Å². The monoisotopic (exact) mass is 480 g/mol. The van der Waals surface area contributed by atoms with Crippen LogP contribution in [0.2, 0.25) is 0 Å². The second-order valence-corrected chi connectivity index (χ2v) is 8.65. The van der Waals surface area contributed by atoms with Crippen LogP contribution in [0.15, 0.2) is 23.3 Å². The molecule has 2 heterocycles. The van der Waals surface area contributed by atoms with E-state index < -0.39 is 46.0 Å². The van der Waals surface area contributed by atoms with Gasteiger partial charge in [-0.05, 0) is 67.5 Å². The minimum atomic E-state index is -1.89. The lowest BCUT2D eigenvalue weighted by atomic mass is 9.73. The number of ether oxygens (including phenoxy) is 4. The van der Waals surface area contributed by atoms with Gasteiger partial charge in [0.2, 0.25) is 11.1 Å². The van der Waals surface area contributed by atoms with E-state index in [1.165, 1.54) is 12.2 Å². The highest BCUT2D eigenvalue weighted by atomic mass is 16.6. The van der Waals surface area contributed by atoms with Crippen molar-refractivity contribution in [2.45, 2.75) is 77.5 Å². The molecule has 0 aromatic heterocycles. The predicted octanol–water partition coefficient (Wildman–Crippen LogP) is 1.33. The quantitative estimate of drug-likeness (QED) is 0.216. The first-order chi connectivity index (χ1) is 15.8. The van der Waals surface area contributed by atoms with Gasteiger partial charge >= 0.3 is 23.9 Å². The Labute approximate surface area is 200 Å². The Kier molecular flexibility index (Phi) is 7.99. The van der Waals surface area contributed by atoms with Crippen LogP contribution in [0.4, 0.5) is 0 Å². The molecule has 2 unspecified atom stereocenters. The van der Waals surface area contributed by atoms with Gasteiger partial charge in [-0.1, -0.05) is 11.1 Å². The number of hydrogen-bond acceptors (Lipinski definition) is 10. The summed E-state index contributed by atoms with van der Waals surface area (Å²) in [5.74, 6) is -3.22. The molecule has 2 atom stereocenters. The number of esters is 4. The topological polar surface area (TPSA) is 129 Å². The van der Waals surface area contributed by atoms with E-state index in [-0.39, 0.29) is 26.4 Å². The Morgan fingerprint density at radius 2 is 0.853 bits per heavy atom. The van der Waals surface area contributed by atoms with Crippen molar-refractivity contribution in [3.63, 3.8) is 0 Å². The highest BCUT2D eigenvalue weighted by Crippen LogP contribution is 2.46. The van der Waals surface area contributed by atoms with Crippen molar-refractivity contribution < 1.29 is 38.1 Å². The third-order valence-corrected chi connectivity index (χ3v) is 6.73. The molecule has 34 heavy (non-hydrogen) atoms. The summed E-state index contributed by atoms with van der Waals surface area (Å²) in [6.07, 6.45) is 2.97. The standard InChI is InChI=1S/C24H36N2O8/c1-9-31-17(27)23(18(28)32-10-2)13-15(5)21(7,25-23)22(8)16(6)14-24(26-22,19(29)33-11-3)20(30)34-12-4/h13-14,25-26H,9-12H2,1-8H3. The fraction of sp³-hybridized carbons (Fsp3) is 0.667. The van der Waals surface area contributed by atoms with Crippen LogP contribution < -0.4 is 10.6 Å². The molecule has 10 heteroatoms. The van der Waals surface area contributed by atoms with Crippen molar-refractivity contribution in [3.05, 3.63) is 23.3 Å². The molecule has 0 bridgehead atoms. The van der Waals surface area contributed by atoms with Crippen LogP contribution in [0.5, 0.6) is 0 Å². The van der Waals surface area contributed by atoms with Gasteiger partial charge in [0.25, 0.3) is 0 Å². The van der Waals surface area contributed by atoms with Crippen molar-refractivity contribution in [1.29, 1.82) is 0 Å². The van der Waals surface area contributed by atoms with Crippen LogP contribution in [-0.2, 0) is 38.1 Å². The number of rotatable bonds is 9. The zero-order valence-electron chi connectivity index (χ0n) is 21.2. The molecule has 0 aromatic carbocycles. The van der Waals surface area contributed by atoms with E-state index >= 15 is 0 Å². The summed E-state index contributed by atoms with van der Waals surface area (Å²) in [6, 6.07) is 0. The number of carbonyl (C=O) groups excluding carboxylic acids is 4. The lowest BCUT2D eigenvalue weighted by molar-refractivity contribution is -0.166. The van der Waals surface area contributed by atoms with Crippen molar-refractivity contribution in [3.8, 4) is 0 Å². The van der Waals surface area contributed by atoms with E-state index in [9.17, 15) is 19.2 Å². The molecule has 2 aliphatic rings. The van der Waals surface area contributed by atoms with Crippen molar-refractivity contribution >= 4 is 23.9 Å². The number of hydrogen-bond donors (Lipinski definition) is 2. The van der Waals surface area contributed by atoms with Gasteiger partial charge in [0, 0.05) is 0 Å². The molecule has 190 valence electrons. The minimum absolute atomic E-state index is 0.0640. The Bertz CT molecular complexity index is 814. The maximum atomic E-state index is 13.0.